The highest BCUT2D eigenvalue weighted by molar-refractivity contribution is 6.10. The van der Waals surface area contributed by atoms with Gasteiger partial charge in [0.1, 0.15) is 11.2 Å². The van der Waals surface area contributed by atoms with E-state index in [0.717, 1.165) is 55.0 Å². The number of furan rings is 1. The van der Waals surface area contributed by atoms with Gasteiger partial charge >= 0.3 is 0 Å². The van der Waals surface area contributed by atoms with Gasteiger partial charge in [0, 0.05) is 27.5 Å². The average molecular weight is 526 g/mol. The zero-order valence-corrected chi connectivity index (χ0v) is 22.0. The van der Waals surface area contributed by atoms with E-state index < -0.39 is 0 Å². The summed E-state index contributed by atoms with van der Waals surface area (Å²) in [6.45, 7) is 0. The van der Waals surface area contributed by atoms with Crippen molar-refractivity contribution in [3.05, 3.63) is 140 Å². The van der Waals surface area contributed by atoms with Crippen LogP contribution in [0.5, 0.6) is 0 Å². The number of fused-ring (bicyclic) bond motifs is 4. The van der Waals surface area contributed by atoms with Crippen molar-refractivity contribution < 1.29 is 4.42 Å². The van der Waals surface area contributed by atoms with Gasteiger partial charge in [-0.2, -0.15) is 0 Å². The highest BCUT2D eigenvalue weighted by Gasteiger charge is 2.14. The summed E-state index contributed by atoms with van der Waals surface area (Å²) in [5.41, 5.74) is 6.94. The lowest BCUT2D eigenvalue weighted by molar-refractivity contribution is 0.669. The summed E-state index contributed by atoms with van der Waals surface area (Å²) >= 11 is 0. The molecule has 0 N–H and O–H groups in total. The second-order valence-electron chi connectivity index (χ2n) is 10.1. The van der Waals surface area contributed by atoms with Gasteiger partial charge in [-0.15, -0.1) is 0 Å². The lowest BCUT2D eigenvalue weighted by Crippen LogP contribution is -2.00. The summed E-state index contributed by atoms with van der Waals surface area (Å²) in [6.07, 6.45) is 0. The van der Waals surface area contributed by atoms with Gasteiger partial charge in [0.05, 0.1) is 0 Å². The van der Waals surface area contributed by atoms with E-state index in [0.29, 0.717) is 17.5 Å². The number of hydrogen-bond acceptors (Lipinski definition) is 4. The first-order valence-electron chi connectivity index (χ1n) is 13.6. The van der Waals surface area contributed by atoms with Crippen LogP contribution in [0.1, 0.15) is 0 Å². The molecule has 41 heavy (non-hydrogen) atoms. The Hall–Kier alpha value is -5.61. The summed E-state index contributed by atoms with van der Waals surface area (Å²) in [7, 11) is 0. The third kappa shape index (κ3) is 4.23. The Labute approximate surface area is 236 Å². The summed E-state index contributed by atoms with van der Waals surface area (Å²) in [5.74, 6) is 1.93. The topological polar surface area (TPSA) is 51.8 Å². The highest BCUT2D eigenvalue weighted by atomic mass is 16.3. The van der Waals surface area contributed by atoms with Gasteiger partial charge in [0.25, 0.3) is 0 Å². The summed E-state index contributed by atoms with van der Waals surface area (Å²) in [5, 5.41) is 4.43. The first-order valence-corrected chi connectivity index (χ1v) is 13.6. The van der Waals surface area contributed by atoms with Crippen molar-refractivity contribution >= 4 is 32.7 Å². The van der Waals surface area contributed by atoms with Crippen molar-refractivity contribution in [3.8, 4) is 45.3 Å². The van der Waals surface area contributed by atoms with Crippen molar-refractivity contribution in [1.82, 2.24) is 15.0 Å². The standard InChI is InChI=1S/C37H23N3O/c1-3-9-24(10-4-1)25-15-17-27(18-16-25)36-38-35(26-11-5-2-6-12-26)39-37(40-36)29-20-19-28-23-34-32(22-30(28)21-29)31-13-7-8-14-33(31)41-34/h1-23H. The fourth-order valence-corrected chi connectivity index (χ4v) is 5.40. The molecular formula is C37H23N3O. The molecule has 2 aromatic heterocycles. The Balaban J connectivity index is 1.27. The lowest BCUT2D eigenvalue weighted by atomic mass is 10.0. The maximum Gasteiger partial charge on any atom is 0.164 e. The van der Waals surface area contributed by atoms with Crippen molar-refractivity contribution in [3.63, 3.8) is 0 Å². The van der Waals surface area contributed by atoms with E-state index in [2.05, 4.69) is 84.9 Å². The van der Waals surface area contributed by atoms with E-state index in [-0.39, 0.29) is 0 Å². The van der Waals surface area contributed by atoms with Crippen LogP contribution < -0.4 is 0 Å². The van der Waals surface area contributed by atoms with E-state index >= 15 is 0 Å². The fourth-order valence-electron chi connectivity index (χ4n) is 5.40. The van der Waals surface area contributed by atoms with E-state index in [9.17, 15) is 0 Å². The number of nitrogens with zero attached hydrogens (tertiary/aromatic N) is 3. The van der Waals surface area contributed by atoms with Crippen LogP contribution in [0.2, 0.25) is 0 Å². The summed E-state index contributed by atoms with van der Waals surface area (Å²) in [4.78, 5) is 14.8. The molecule has 6 aromatic carbocycles. The molecule has 0 atom stereocenters. The summed E-state index contributed by atoms with van der Waals surface area (Å²) < 4.78 is 6.11. The Morgan fingerprint density at radius 1 is 0.341 bits per heavy atom. The zero-order valence-electron chi connectivity index (χ0n) is 22.0. The first kappa shape index (κ1) is 23.3. The van der Waals surface area contributed by atoms with Crippen LogP contribution in [-0.4, -0.2) is 15.0 Å². The minimum absolute atomic E-state index is 0.639. The maximum atomic E-state index is 6.11. The van der Waals surface area contributed by atoms with Gasteiger partial charge < -0.3 is 4.42 Å². The van der Waals surface area contributed by atoms with Crippen LogP contribution in [-0.2, 0) is 0 Å². The van der Waals surface area contributed by atoms with Crippen LogP contribution >= 0.6 is 0 Å². The SMILES string of the molecule is c1ccc(-c2ccc(-c3nc(-c4ccccc4)nc(-c4ccc5cc6oc7ccccc7c6cc5c4)n3)cc2)cc1. The van der Waals surface area contributed by atoms with E-state index in [1.165, 1.54) is 5.56 Å². The second kappa shape index (κ2) is 9.54. The Morgan fingerprint density at radius 3 is 1.61 bits per heavy atom. The first-order chi connectivity index (χ1) is 20.3. The number of benzene rings is 6. The minimum atomic E-state index is 0.639. The molecule has 0 saturated carbocycles. The molecule has 0 aliphatic heterocycles. The molecule has 0 spiro atoms. The van der Waals surface area contributed by atoms with Gasteiger partial charge in [-0.05, 0) is 46.2 Å². The van der Waals surface area contributed by atoms with Crippen LogP contribution in [0.4, 0.5) is 0 Å². The largest absolute Gasteiger partial charge is 0.456 e. The molecule has 0 radical (unpaired) electrons. The molecule has 2 heterocycles. The van der Waals surface area contributed by atoms with Crippen LogP contribution in [0.25, 0.3) is 78.0 Å². The Kier molecular flexibility index (Phi) is 5.42. The summed E-state index contributed by atoms with van der Waals surface area (Å²) in [6, 6.07) is 47.6. The van der Waals surface area contributed by atoms with Crippen molar-refractivity contribution in [2.24, 2.45) is 0 Å². The average Bonchev–Trinajstić information content (AvgIpc) is 3.41. The predicted octanol–water partition coefficient (Wildman–Crippen LogP) is 9.59. The Morgan fingerprint density at radius 2 is 0.878 bits per heavy atom. The minimum Gasteiger partial charge on any atom is -0.456 e. The van der Waals surface area contributed by atoms with E-state index in [1.54, 1.807) is 0 Å². The number of rotatable bonds is 4. The Bertz CT molecular complexity index is 2180. The number of hydrogen-bond donors (Lipinski definition) is 0. The third-order valence-electron chi connectivity index (χ3n) is 7.51. The van der Waals surface area contributed by atoms with Crippen LogP contribution in [0.3, 0.4) is 0 Å². The number of para-hydroxylation sites is 1. The van der Waals surface area contributed by atoms with Gasteiger partial charge in [-0.1, -0.05) is 115 Å². The zero-order chi connectivity index (χ0) is 27.2. The molecule has 0 amide bonds. The van der Waals surface area contributed by atoms with Crippen molar-refractivity contribution in [1.29, 1.82) is 0 Å². The molecule has 4 heteroatoms. The monoisotopic (exact) mass is 525 g/mol. The number of aromatic nitrogens is 3. The lowest BCUT2D eigenvalue weighted by Gasteiger charge is -2.10. The van der Waals surface area contributed by atoms with E-state index in [4.69, 9.17) is 19.4 Å². The van der Waals surface area contributed by atoms with Gasteiger partial charge in [-0.3, -0.25) is 0 Å². The van der Waals surface area contributed by atoms with Crippen LogP contribution in [0, 0.1) is 0 Å². The fraction of sp³-hybridized carbons (Fsp3) is 0. The smallest absolute Gasteiger partial charge is 0.164 e. The molecule has 4 nitrogen and oxygen atoms in total. The molecule has 8 aromatic rings. The highest BCUT2D eigenvalue weighted by Crippen LogP contribution is 2.34. The second-order valence-corrected chi connectivity index (χ2v) is 10.1. The quantitative estimate of drug-likeness (QED) is 0.230. The van der Waals surface area contributed by atoms with Gasteiger partial charge in [-0.25, -0.2) is 15.0 Å². The molecule has 8 rings (SSSR count). The van der Waals surface area contributed by atoms with Gasteiger partial charge in [0.2, 0.25) is 0 Å². The predicted molar refractivity (Wildman–Crippen MR) is 166 cm³/mol. The normalized spacial score (nSPS) is 11.4. The molecule has 0 saturated heterocycles. The van der Waals surface area contributed by atoms with E-state index in [1.807, 2.05) is 54.6 Å². The van der Waals surface area contributed by atoms with Gasteiger partial charge in [0.15, 0.2) is 17.5 Å². The molecule has 0 aliphatic carbocycles. The molecule has 0 aliphatic rings. The van der Waals surface area contributed by atoms with Crippen molar-refractivity contribution in [2.45, 2.75) is 0 Å². The third-order valence-corrected chi connectivity index (χ3v) is 7.51. The maximum absolute atomic E-state index is 6.11. The molecular weight excluding hydrogens is 502 g/mol. The molecule has 0 fully saturated rings. The molecule has 0 unspecified atom stereocenters. The molecule has 192 valence electrons. The van der Waals surface area contributed by atoms with Crippen molar-refractivity contribution in [2.75, 3.05) is 0 Å². The molecule has 0 bridgehead atoms. The van der Waals surface area contributed by atoms with Crippen LogP contribution in [0.15, 0.2) is 144 Å².